The summed E-state index contributed by atoms with van der Waals surface area (Å²) in [5, 5.41) is 1.46. The number of anilines is 2. The number of nitrogens with one attached hydrogen (secondary N) is 2. The quantitative estimate of drug-likeness (QED) is 0.0906. The number of amides is 2. The van der Waals surface area contributed by atoms with Gasteiger partial charge in [0.2, 0.25) is 0 Å². The molecule has 15 nitrogen and oxygen atoms in total. The van der Waals surface area contributed by atoms with Crippen LogP contribution in [0.1, 0.15) is 37.4 Å². The predicted octanol–water partition coefficient (Wildman–Crippen LogP) is 7.96. The van der Waals surface area contributed by atoms with Crippen LogP contribution in [-0.4, -0.2) is 124 Å². The van der Waals surface area contributed by atoms with Crippen molar-refractivity contribution in [3.63, 3.8) is 0 Å². The van der Waals surface area contributed by atoms with Gasteiger partial charge in [0.25, 0.3) is 31.9 Å². The van der Waals surface area contributed by atoms with Gasteiger partial charge in [-0.25, -0.2) is 16.8 Å². The summed E-state index contributed by atoms with van der Waals surface area (Å²) in [6.45, 7) is 7.63. The van der Waals surface area contributed by atoms with Gasteiger partial charge in [-0.05, 0) is 108 Å². The summed E-state index contributed by atoms with van der Waals surface area (Å²) < 4.78 is 64.4. The van der Waals surface area contributed by atoms with E-state index in [2.05, 4.69) is 65.6 Å². The number of ether oxygens (including phenoxy) is 1. The van der Waals surface area contributed by atoms with E-state index in [1.54, 1.807) is 85.2 Å². The smallest absolute Gasteiger partial charge is 0.264 e. The van der Waals surface area contributed by atoms with Gasteiger partial charge >= 0.3 is 0 Å². The highest BCUT2D eigenvalue weighted by molar-refractivity contribution is 7.93. The van der Waals surface area contributed by atoms with Crippen molar-refractivity contribution in [3.05, 3.63) is 198 Å². The number of carbonyl (C=O) groups is 2. The molecule has 2 aliphatic heterocycles. The molecule has 4 heterocycles. The highest BCUT2D eigenvalue weighted by Crippen LogP contribution is 2.26. The van der Waals surface area contributed by atoms with E-state index in [0.717, 1.165) is 68.6 Å². The van der Waals surface area contributed by atoms with E-state index >= 15 is 0 Å². The lowest BCUT2D eigenvalue weighted by Gasteiger charge is -2.34. The second-order valence-electron chi connectivity index (χ2n) is 18.5. The normalized spacial score (nSPS) is 14.8. The molecule has 2 N–H and O–H groups in total. The van der Waals surface area contributed by atoms with Crippen LogP contribution in [0.25, 0.3) is 21.8 Å². The highest BCUT2D eigenvalue weighted by Gasteiger charge is 2.25. The van der Waals surface area contributed by atoms with Crippen LogP contribution >= 0.6 is 0 Å². The lowest BCUT2D eigenvalue weighted by atomic mass is 10.1. The number of hydrogen-bond donors (Lipinski definition) is 2. The average molecular weight is 1030 g/mol. The van der Waals surface area contributed by atoms with Gasteiger partial charge in [-0.1, -0.05) is 72.8 Å². The van der Waals surface area contributed by atoms with Crippen LogP contribution in [0, 0.1) is 0 Å². The largest absolute Gasteiger partial charge is 0.493 e. The van der Waals surface area contributed by atoms with Crippen LogP contribution in [0.3, 0.4) is 0 Å². The zero-order valence-corrected chi connectivity index (χ0v) is 42.3. The number of aromatic nitrogens is 2. The summed E-state index contributed by atoms with van der Waals surface area (Å²) >= 11 is 0. The van der Waals surface area contributed by atoms with Gasteiger partial charge in [0.1, 0.15) is 15.5 Å². The van der Waals surface area contributed by atoms with E-state index in [-0.39, 0.29) is 21.6 Å². The minimum Gasteiger partial charge on any atom is -0.493 e. The zero-order valence-electron chi connectivity index (χ0n) is 40.7. The van der Waals surface area contributed by atoms with Gasteiger partial charge in [0.05, 0.1) is 17.6 Å². The lowest BCUT2D eigenvalue weighted by Crippen LogP contribution is -2.49. The van der Waals surface area contributed by atoms with Gasteiger partial charge < -0.3 is 14.5 Å². The van der Waals surface area contributed by atoms with Crippen LogP contribution in [0.4, 0.5) is 11.4 Å². The molecule has 2 aromatic heterocycles. The molecular weight excluding hydrogens is 973 g/mol. The molecular formula is C57H56N8O7S2. The number of piperazine rings is 2. The first-order chi connectivity index (χ1) is 35.9. The molecule has 17 heteroatoms. The molecule has 6 aromatic carbocycles. The SMILES string of the molecule is O=C(c1ccc(NS(=O)(=O)c2cccc3cccnc23)cc1)N1CCN(CCc2cccc(CCOc3ccc(CN4CCN(C(=O)c5ccc(NS(=O)(=O)c6cccc7cccnc67)cc5)CC4)cc3)c2)CC1. The summed E-state index contributed by atoms with van der Waals surface area (Å²) in [6.07, 6.45) is 4.81. The van der Waals surface area contributed by atoms with E-state index in [9.17, 15) is 26.4 Å². The molecule has 0 unspecified atom stereocenters. The molecule has 2 saturated heterocycles. The molecule has 74 heavy (non-hydrogen) atoms. The number of benzene rings is 6. The number of pyridine rings is 2. The molecule has 0 atom stereocenters. The number of fused-ring (bicyclic) bond motifs is 2. The molecule has 0 saturated carbocycles. The molecule has 2 aliphatic rings. The van der Waals surface area contributed by atoms with Crippen LogP contribution < -0.4 is 14.2 Å². The number of rotatable bonds is 17. The standard InChI is InChI=1S/C57H56N8O7S2/c66-56(47-16-20-49(21-17-47)60-73(68,69)52-12-2-8-45-10-4-28-58-54(45)52)64-35-31-62(32-36-64)30-26-42-6-1-7-43(40-42)27-39-72-51-24-14-44(15-25-51)41-63-33-37-65(38-34-63)57(67)48-18-22-50(23-19-48)61-74(70,71)53-13-3-9-46-11-5-29-59-55(46)53/h1-25,28-29,40,60-61H,26-27,30-39,41H2. The number of hydrogen-bond acceptors (Lipinski definition) is 11. The van der Waals surface area contributed by atoms with Crippen molar-refractivity contribution < 1.29 is 31.2 Å². The fourth-order valence-corrected chi connectivity index (χ4v) is 12.0. The third-order valence-electron chi connectivity index (χ3n) is 13.6. The molecule has 8 aromatic rings. The van der Waals surface area contributed by atoms with Crippen molar-refractivity contribution in [1.82, 2.24) is 29.6 Å². The predicted molar refractivity (Wildman–Crippen MR) is 287 cm³/mol. The first kappa shape index (κ1) is 49.9. The average Bonchev–Trinajstić information content (AvgIpc) is 3.43. The summed E-state index contributed by atoms with van der Waals surface area (Å²) in [7, 11) is -7.80. The Hall–Kier alpha value is -7.70. The van der Waals surface area contributed by atoms with E-state index in [4.69, 9.17) is 4.74 Å². The molecule has 0 radical (unpaired) electrons. The number of para-hydroxylation sites is 2. The zero-order chi connectivity index (χ0) is 51.1. The minimum absolute atomic E-state index is 0.0733. The maximum Gasteiger partial charge on any atom is 0.264 e. The van der Waals surface area contributed by atoms with E-state index in [1.165, 1.54) is 28.8 Å². The Morgan fingerprint density at radius 1 is 0.486 bits per heavy atom. The van der Waals surface area contributed by atoms with Gasteiger partial charge in [-0.3, -0.25) is 38.8 Å². The van der Waals surface area contributed by atoms with Crippen LogP contribution in [0.15, 0.2) is 180 Å². The lowest BCUT2D eigenvalue weighted by molar-refractivity contribution is 0.0625. The Kier molecular flexibility index (Phi) is 15.0. The second kappa shape index (κ2) is 22.2. The molecule has 0 bridgehead atoms. The van der Waals surface area contributed by atoms with Crippen molar-refractivity contribution in [2.24, 2.45) is 0 Å². The van der Waals surface area contributed by atoms with E-state index in [1.807, 2.05) is 46.2 Å². The van der Waals surface area contributed by atoms with Crippen LogP contribution in [0.2, 0.25) is 0 Å². The summed E-state index contributed by atoms with van der Waals surface area (Å²) in [4.78, 5) is 44.0. The summed E-state index contributed by atoms with van der Waals surface area (Å²) in [5.41, 5.74) is 6.18. The van der Waals surface area contributed by atoms with Crippen molar-refractivity contribution in [2.45, 2.75) is 29.2 Å². The second-order valence-corrected chi connectivity index (χ2v) is 21.8. The van der Waals surface area contributed by atoms with E-state index < -0.39 is 20.0 Å². The first-order valence-corrected chi connectivity index (χ1v) is 27.7. The Morgan fingerprint density at radius 3 is 1.46 bits per heavy atom. The van der Waals surface area contributed by atoms with Gasteiger partial charge in [0.15, 0.2) is 0 Å². The summed E-state index contributed by atoms with van der Waals surface area (Å²) in [5.74, 6) is 0.659. The number of sulfonamides is 2. The Labute approximate surface area is 431 Å². The van der Waals surface area contributed by atoms with Crippen LogP contribution in [-0.2, 0) is 39.4 Å². The Morgan fingerprint density at radius 2 is 0.946 bits per heavy atom. The first-order valence-electron chi connectivity index (χ1n) is 24.7. The third-order valence-corrected chi connectivity index (χ3v) is 16.4. The number of carbonyl (C=O) groups excluding carboxylic acids is 2. The fourth-order valence-electron chi connectivity index (χ4n) is 9.48. The van der Waals surface area contributed by atoms with Crippen molar-refractivity contribution in [1.29, 1.82) is 0 Å². The Balaban J connectivity index is 0.616. The topological polar surface area (TPSA) is 174 Å². The molecule has 10 rings (SSSR count). The highest BCUT2D eigenvalue weighted by atomic mass is 32.2. The van der Waals surface area contributed by atoms with Crippen molar-refractivity contribution in [3.8, 4) is 5.75 Å². The Bertz CT molecular complexity index is 3500. The number of nitrogens with zero attached hydrogens (tertiary/aromatic N) is 6. The molecule has 0 spiro atoms. The minimum atomic E-state index is -3.90. The molecule has 2 fully saturated rings. The van der Waals surface area contributed by atoms with Gasteiger partial charge in [0, 0.05) is 118 Å². The fraction of sp³-hybridized carbons (Fsp3) is 0.228. The maximum absolute atomic E-state index is 13.4. The molecule has 2 amide bonds. The van der Waals surface area contributed by atoms with Gasteiger partial charge in [-0.15, -0.1) is 0 Å². The monoisotopic (exact) mass is 1030 g/mol. The van der Waals surface area contributed by atoms with Crippen molar-refractivity contribution in [2.75, 3.05) is 75.0 Å². The van der Waals surface area contributed by atoms with Crippen molar-refractivity contribution >= 4 is 65.0 Å². The third kappa shape index (κ3) is 11.9. The summed E-state index contributed by atoms with van der Waals surface area (Å²) in [6, 6.07) is 47.2. The maximum atomic E-state index is 13.4. The molecule has 378 valence electrons. The molecule has 0 aliphatic carbocycles. The van der Waals surface area contributed by atoms with Gasteiger partial charge in [-0.2, -0.15) is 0 Å². The van der Waals surface area contributed by atoms with Crippen LogP contribution in [0.5, 0.6) is 5.75 Å². The van der Waals surface area contributed by atoms with E-state index in [0.29, 0.717) is 66.3 Å².